The number of thioether (sulfide) groups is 1. The van der Waals surface area contributed by atoms with Crippen LogP contribution < -0.4 is 16.4 Å². The van der Waals surface area contributed by atoms with Gasteiger partial charge in [-0.05, 0) is 6.42 Å². The van der Waals surface area contributed by atoms with Gasteiger partial charge in [0.1, 0.15) is 23.1 Å². The third-order valence-corrected chi connectivity index (χ3v) is 3.91. The summed E-state index contributed by atoms with van der Waals surface area (Å²) in [5, 5.41) is 23.1. The molecule has 0 saturated carbocycles. The third-order valence-electron chi connectivity index (χ3n) is 2.50. The lowest BCUT2D eigenvalue weighted by atomic mass is 10.1. The number of rotatable bonds is 11. The summed E-state index contributed by atoms with van der Waals surface area (Å²) in [4.78, 5) is 44.7. The van der Waals surface area contributed by atoms with Crippen LogP contribution in [-0.2, 0) is 19.2 Å². The Balaban J connectivity index is 4.63. The van der Waals surface area contributed by atoms with E-state index >= 15 is 0 Å². The minimum Gasteiger partial charge on any atom is -0.480 e. The van der Waals surface area contributed by atoms with E-state index in [-0.39, 0.29) is 23.1 Å². The topological polar surface area (TPSA) is 159 Å². The maximum Gasteiger partial charge on any atom is 0.322 e. The number of hydrogen-bond acceptors (Lipinski definition) is 6. The van der Waals surface area contributed by atoms with E-state index in [4.69, 9.17) is 39.1 Å². The van der Waals surface area contributed by atoms with E-state index in [1.165, 1.54) is 5.41 Å². The maximum absolute atomic E-state index is 11.9. The molecule has 0 spiro atoms. The minimum atomic E-state index is -1.24. The van der Waals surface area contributed by atoms with Crippen LogP contribution >= 0.6 is 35.0 Å². The molecular formula is C12H17Cl2N3O6S. The predicted octanol–water partition coefficient (Wildman–Crippen LogP) is -0.126. The van der Waals surface area contributed by atoms with E-state index in [9.17, 15) is 19.2 Å². The number of aliphatic carboxylic acids is 2. The first-order chi connectivity index (χ1) is 11.1. The van der Waals surface area contributed by atoms with E-state index in [1.807, 2.05) is 0 Å². The van der Waals surface area contributed by atoms with Gasteiger partial charge in [-0.25, -0.2) is 0 Å². The molecule has 0 bridgehead atoms. The molecule has 0 aromatic carbocycles. The van der Waals surface area contributed by atoms with Crippen LogP contribution in [0.4, 0.5) is 0 Å². The number of nitrogens with one attached hydrogen (secondary N) is 2. The Labute approximate surface area is 151 Å². The van der Waals surface area contributed by atoms with Gasteiger partial charge in [0, 0.05) is 17.6 Å². The van der Waals surface area contributed by atoms with Gasteiger partial charge in [0.15, 0.2) is 0 Å². The monoisotopic (exact) mass is 401 g/mol. The van der Waals surface area contributed by atoms with E-state index in [0.29, 0.717) is 0 Å². The summed E-state index contributed by atoms with van der Waals surface area (Å²) in [5.41, 5.74) is 5.28. The average molecular weight is 402 g/mol. The Morgan fingerprint density at radius 1 is 1.21 bits per heavy atom. The summed E-state index contributed by atoms with van der Waals surface area (Å²) >= 11 is 11.9. The highest BCUT2D eigenvalue weighted by Gasteiger charge is 2.22. The lowest BCUT2D eigenvalue weighted by Crippen LogP contribution is -2.49. The van der Waals surface area contributed by atoms with Gasteiger partial charge in [-0.3, -0.25) is 19.2 Å². The van der Waals surface area contributed by atoms with Crippen molar-refractivity contribution in [3.05, 3.63) is 9.90 Å². The van der Waals surface area contributed by atoms with Crippen molar-refractivity contribution in [2.24, 2.45) is 5.73 Å². The Hall–Kier alpha value is -1.49. The zero-order chi connectivity index (χ0) is 18.7. The van der Waals surface area contributed by atoms with Crippen molar-refractivity contribution in [1.29, 1.82) is 0 Å². The van der Waals surface area contributed by atoms with Gasteiger partial charge in [0.05, 0.1) is 0 Å². The largest absolute Gasteiger partial charge is 0.480 e. The summed E-state index contributed by atoms with van der Waals surface area (Å²) in [5.74, 6) is -3.73. The van der Waals surface area contributed by atoms with Gasteiger partial charge in [-0.2, -0.15) is 0 Å². The molecule has 136 valence electrons. The quantitative estimate of drug-likeness (QED) is 0.320. The number of carboxylic acid groups (broad SMARTS) is 2. The zero-order valence-corrected chi connectivity index (χ0v) is 14.7. The molecule has 0 aromatic rings. The summed E-state index contributed by atoms with van der Waals surface area (Å²) in [6, 6.07) is -2.24. The Kier molecular flexibility index (Phi) is 11.2. The SMILES string of the molecule is N[C@@H](CCC(=O)N[C@@H](CSC=C(Cl)Cl)C(=O)NCC(=O)O)C(=O)O. The van der Waals surface area contributed by atoms with Crippen molar-refractivity contribution in [2.75, 3.05) is 12.3 Å². The number of halogens is 2. The second kappa shape index (κ2) is 12.0. The number of nitrogens with two attached hydrogens (primary N) is 1. The molecule has 0 rings (SSSR count). The van der Waals surface area contributed by atoms with E-state index in [0.717, 1.165) is 11.8 Å². The molecule has 9 nitrogen and oxygen atoms in total. The summed E-state index contributed by atoms with van der Waals surface area (Å²) in [6.45, 7) is -0.605. The molecule has 0 radical (unpaired) electrons. The molecule has 0 aliphatic heterocycles. The van der Waals surface area contributed by atoms with Crippen LogP contribution in [0.25, 0.3) is 0 Å². The second-order valence-electron chi connectivity index (χ2n) is 4.46. The molecule has 0 saturated heterocycles. The van der Waals surface area contributed by atoms with Crippen LogP contribution in [0.3, 0.4) is 0 Å². The standard InChI is InChI=1S/C12H17Cl2N3O6S/c13-8(14)5-24-4-7(11(21)16-3-10(19)20)17-9(18)2-1-6(15)12(22)23/h5-7H,1-4,15H2,(H,16,21)(H,17,18)(H,19,20)(H,22,23)/t6-,7-/m0/s1. The molecule has 2 amide bonds. The van der Waals surface area contributed by atoms with E-state index in [2.05, 4.69) is 10.6 Å². The van der Waals surface area contributed by atoms with Crippen molar-refractivity contribution in [1.82, 2.24) is 10.6 Å². The molecule has 0 fully saturated rings. The van der Waals surface area contributed by atoms with Crippen molar-refractivity contribution in [3.63, 3.8) is 0 Å². The fraction of sp³-hybridized carbons (Fsp3) is 0.500. The molecule has 2 atom stereocenters. The van der Waals surface area contributed by atoms with Gasteiger partial charge in [-0.15, -0.1) is 11.8 Å². The van der Waals surface area contributed by atoms with Crippen LogP contribution in [-0.4, -0.2) is 58.3 Å². The lowest BCUT2D eigenvalue weighted by molar-refractivity contribution is -0.139. The first-order valence-corrected chi connectivity index (χ1v) is 8.34. The summed E-state index contributed by atoms with van der Waals surface area (Å²) in [6.07, 6.45) is -0.307. The normalized spacial score (nSPS) is 12.6. The van der Waals surface area contributed by atoms with Gasteiger partial charge in [-0.1, -0.05) is 23.2 Å². The molecule has 0 heterocycles. The third kappa shape index (κ3) is 11.1. The van der Waals surface area contributed by atoms with Gasteiger partial charge >= 0.3 is 11.9 Å². The van der Waals surface area contributed by atoms with Gasteiger partial charge < -0.3 is 26.6 Å². The van der Waals surface area contributed by atoms with Crippen LogP contribution in [0.2, 0.25) is 0 Å². The second-order valence-corrected chi connectivity index (χ2v) is 6.37. The summed E-state index contributed by atoms with van der Waals surface area (Å²) in [7, 11) is 0. The smallest absolute Gasteiger partial charge is 0.322 e. The lowest BCUT2D eigenvalue weighted by Gasteiger charge is -2.17. The Morgan fingerprint density at radius 2 is 1.83 bits per heavy atom. The first kappa shape index (κ1) is 22.5. The van der Waals surface area contributed by atoms with Crippen molar-refractivity contribution < 1.29 is 29.4 Å². The fourth-order valence-corrected chi connectivity index (χ4v) is 2.38. The van der Waals surface area contributed by atoms with Crippen LogP contribution in [0, 0.1) is 0 Å². The molecule has 0 aromatic heterocycles. The van der Waals surface area contributed by atoms with Crippen molar-refractivity contribution >= 4 is 58.7 Å². The highest BCUT2D eigenvalue weighted by Crippen LogP contribution is 2.15. The average Bonchev–Trinajstić information content (AvgIpc) is 2.48. The zero-order valence-electron chi connectivity index (χ0n) is 12.3. The van der Waals surface area contributed by atoms with Crippen molar-refractivity contribution in [3.8, 4) is 0 Å². The van der Waals surface area contributed by atoms with E-state index in [1.54, 1.807) is 0 Å². The molecule has 0 aliphatic rings. The first-order valence-electron chi connectivity index (χ1n) is 6.53. The Morgan fingerprint density at radius 3 is 2.33 bits per heavy atom. The fourth-order valence-electron chi connectivity index (χ4n) is 1.35. The molecule has 24 heavy (non-hydrogen) atoms. The Bertz CT molecular complexity index is 513. The number of amides is 2. The van der Waals surface area contributed by atoms with Gasteiger partial charge in [0.2, 0.25) is 11.8 Å². The minimum absolute atomic E-state index is 0.0385. The predicted molar refractivity (Wildman–Crippen MR) is 89.7 cm³/mol. The summed E-state index contributed by atoms with van der Waals surface area (Å²) < 4.78 is -0.0385. The number of hydrogen-bond donors (Lipinski definition) is 5. The number of carbonyl (C=O) groups excluding carboxylic acids is 2. The molecule has 0 unspecified atom stereocenters. The highest BCUT2D eigenvalue weighted by molar-refractivity contribution is 8.02. The number of carbonyl (C=O) groups is 4. The maximum atomic E-state index is 11.9. The molecule has 0 aliphatic carbocycles. The molecular weight excluding hydrogens is 385 g/mol. The molecule has 12 heteroatoms. The highest BCUT2D eigenvalue weighted by atomic mass is 35.5. The van der Waals surface area contributed by atoms with Gasteiger partial charge in [0.25, 0.3) is 0 Å². The van der Waals surface area contributed by atoms with Crippen LogP contribution in [0.5, 0.6) is 0 Å². The van der Waals surface area contributed by atoms with E-state index < -0.39 is 42.4 Å². The van der Waals surface area contributed by atoms with Crippen molar-refractivity contribution in [2.45, 2.75) is 24.9 Å². The van der Waals surface area contributed by atoms with Crippen LogP contribution in [0.15, 0.2) is 9.90 Å². The molecule has 6 N–H and O–H groups in total. The number of carboxylic acids is 2. The van der Waals surface area contributed by atoms with Crippen LogP contribution in [0.1, 0.15) is 12.8 Å².